The Hall–Kier alpha value is -4.64. The smallest absolute Gasteiger partial charge is 0.323 e. The fourth-order valence-corrected chi connectivity index (χ4v) is 5.12. The van der Waals surface area contributed by atoms with Crippen LogP contribution >= 0.6 is 0 Å². The molecule has 4 aromatic rings. The Kier molecular flexibility index (Phi) is 6.37. The predicted octanol–water partition coefficient (Wildman–Crippen LogP) is 4.44. The number of hydrogen-bond donors (Lipinski definition) is 0. The quantitative estimate of drug-likeness (QED) is 0.219. The maximum Gasteiger partial charge on any atom is 0.323 e. The third-order valence-electron chi connectivity index (χ3n) is 7.02. The number of furan rings is 1. The average Bonchev–Trinajstić information content (AvgIpc) is 3.52. The first-order chi connectivity index (χ1) is 18.4. The molecule has 0 saturated carbocycles. The van der Waals surface area contributed by atoms with Crippen LogP contribution in [0, 0.1) is 17.3 Å². The van der Waals surface area contributed by atoms with Crippen molar-refractivity contribution in [3.8, 4) is 29.1 Å². The van der Waals surface area contributed by atoms with Crippen LogP contribution in [0.3, 0.4) is 0 Å². The highest BCUT2D eigenvalue weighted by Gasteiger charge is 2.53. The Morgan fingerprint density at radius 3 is 2.13 bits per heavy atom. The van der Waals surface area contributed by atoms with E-state index in [-0.39, 0.29) is 12.8 Å². The number of rotatable bonds is 5. The van der Waals surface area contributed by atoms with Gasteiger partial charge in [0.05, 0.1) is 41.1 Å². The predicted molar refractivity (Wildman–Crippen MR) is 140 cm³/mol. The largest absolute Gasteiger partial charge is 0.497 e. The summed E-state index contributed by atoms with van der Waals surface area (Å²) in [4.78, 5) is 25.9. The van der Waals surface area contributed by atoms with Gasteiger partial charge in [0.2, 0.25) is 0 Å². The molecule has 0 atom stereocenters. The lowest BCUT2D eigenvalue weighted by atomic mass is 9.84. The van der Waals surface area contributed by atoms with E-state index in [0.29, 0.717) is 39.5 Å². The van der Waals surface area contributed by atoms with Gasteiger partial charge in [-0.1, -0.05) is 11.8 Å². The van der Waals surface area contributed by atoms with Gasteiger partial charge in [0, 0.05) is 34.9 Å². The van der Waals surface area contributed by atoms with Crippen LogP contribution in [-0.2, 0) is 31.9 Å². The molecule has 0 bridgehead atoms. The molecule has 8 heteroatoms. The summed E-state index contributed by atoms with van der Waals surface area (Å²) in [7, 11) is 7.27. The fourth-order valence-electron chi connectivity index (χ4n) is 5.12. The third kappa shape index (κ3) is 3.88. The van der Waals surface area contributed by atoms with Crippen LogP contribution in [0.2, 0.25) is 0 Å². The van der Waals surface area contributed by atoms with Gasteiger partial charge in [-0.25, -0.2) is 0 Å². The summed E-state index contributed by atoms with van der Waals surface area (Å²) in [5.74, 6) is 7.09. The van der Waals surface area contributed by atoms with Crippen molar-refractivity contribution in [2.75, 3.05) is 35.5 Å². The number of methoxy groups -OCH3 is 5. The number of esters is 2. The van der Waals surface area contributed by atoms with Crippen molar-refractivity contribution in [1.82, 2.24) is 0 Å². The van der Waals surface area contributed by atoms with Crippen LogP contribution in [0.5, 0.6) is 17.2 Å². The monoisotopic (exact) mass is 514 g/mol. The van der Waals surface area contributed by atoms with Gasteiger partial charge in [-0.3, -0.25) is 9.59 Å². The lowest BCUT2D eigenvalue weighted by Gasteiger charge is -2.22. The van der Waals surface area contributed by atoms with Gasteiger partial charge in [-0.05, 0) is 47.9 Å². The zero-order chi connectivity index (χ0) is 27.0. The first-order valence-electron chi connectivity index (χ1n) is 11.8. The lowest BCUT2D eigenvalue weighted by molar-refractivity contribution is -0.168. The molecule has 5 rings (SSSR count). The van der Waals surface area contributed by atoms with E-state index in [9.17, 15) is 9.59 Å². The summed E-state index contributed by atoms with van der Waals surface area (Å²) >= 11 is 0. The summed E-state index contributed by atoms with van der Waals surface area (Å²) in [6, 6.07) is 12.8. The number of benzene rings is 3. The maximum absolute atomic E-state index is 12.9. The van der Waals surface area contributed by atoms with E-state index < -0.39 is 17.4 Å². The van der Waals surface area contributed by atoms with Crippen LogP contribution in [0.15, 0.2) is 46.9 Å². The van der Waals surface area contributed by atoms with E-state index in [4.69, 9.17) is 28.1 Å². The Balaban J connectivity index is 1.78. The molecular weight excluding hydrogens is 488 g/mol. The Bertz CT molecular complexity index is 1630. The summed E-state index contributed by atoms with van der Waals surface area (Å²) < 4.78 is 32.5. The third-order valence-corrected chi connectivity index (χ3v) is 7.02. The average molecular weight is 515 g/mol. The van der Waals surface area contributed by atoms with Crippen LogP contribution < -0.4 is 14.2 Å². The molecule has 0 aliphatic heterocycles. The number of hydrogen-bond acceptors (Lipinski definition) is 8. The Labute approximate surface area is 219 Å². The van der Waals surface area contributed by atoms with Crippen LogP contribution in [0.1, 0.15) is 22.3 Å². The Morgan fingerprint density at radius 1 is 0.789 bits per heavy atom. The molecule has 1 aliphatic rings. The minimum absolute atomic E-state index is 0.0875. The van der Waals surface area contributed by atoms with Crippen molar-refractivity contribution in [2.24, 2.45) is 5.41 Å². The van der Waals surface area contributed by atoms with Gasteiger partial charge in [0.25, 0.3) is 0 Å². The van der Waals surface area contributed by atoms with Crippen LogP contribution in [-0.4, -0.2) is 47.5 Å². The highest BCUT2D eigenvalue weighted by atomic mass is 16.5. The van der Waals surface area contributed by atoms with Gasteiger partial charge in [0.1, 0.15) is 28.4 Å². The van der Waals surface area contributed by atoms with Crippen molar-refractivity contribution in [2.45, 2.75) is 12.8 Å². The zero-order valence-corrected chi connectivity index (χ0v) is 21.7. The van der Waals surface area contributed by atoms with Gasteiger partial charge in [0.15, 0.2) is 5.41 Å². The normalized spacial score (nSPS) is 13.4. The van der Waals surface area contributed by atoms with E-state index >= 15 is 0 Å². The van der Waals surface area contributed by atoms with Crippen molar-refractivity contribution < 1.29 is 37.7 Å². The lowest BCUT2D eigenvalue weighted by Crippen LogP contribution is -2.42. The van der Waals surface area contributed by atoms with Gasteiger partial charge in [-0.2, -0.15) is 0 Å². The number of carbonyl (C=O) groups is 2. The molecule has 1 aliphatic carbocycles. The minimum atomic E-state index is -1.50. The maximum atomic E-state index is 12.9. The molecule has 1 heterocycles. The van der Waals surface area contributed by atoms with Crippen molar-refractivity contribution >= 4 is 33.9 Å². The van der Waals surface area contributed by atoms with E-state index in [1.54, 1.807) is 33.5 Å². The second kappa shape index (κ2) is 9.67. The van der Waals surface area contributed by atoms with Crippen molar-refractivity contribution in [1.29, 1.82) is 0 Å². The minimum Gasteiger partial charge on any atom is -0.497 e. The standard InChI is InChI=1S/C30H26O8/c1-33-19-8-6-17(24(13-19)35-3)7-10-21-23-16-30(28(31)36-4,29(32)37-5)15-18(23)12-26-27(21)22-11-9-20(34-2)14-25(22)38-26/h6,8-9,11-14H,15-16H2,1-5H3. The van der Waals surface area contributed by atoms with Crippen molar-refractivity contribution in [3.05, 3.63) is 64.7 Å². The topological polar surface area (TPSA) is 93.4 Å². The molecule has 0 radical (unpaired) electrons. The summed E-state index contributed by atoms with van der Waals surface area (Å²) in [6.45, 7) is 0. The molecule has 0 unspecified atom stereocenters. The highest BCUT2D eigenvalue weighted by molar-refractivity contribution is 6.10. The van der Waals surface area contributed by atoms with Gasteiger partial charge < -0.3 is 28.1 Å². The van der Waals surface area contributed by atoms with Gasteiger partial charge in [-0.15, -0.1) is 0 Å². The summed E-state index contributed by atoms with van der Waals surface area (Å²) in [5, 5.41) is 1.62. The molecule has 1 aromatic heterocycles. The molecule has 38 heavy (non-hydrogen) atoms. The number of ether oxygens (including phenoxy) is 5. The first-order valence-corrected chi connectivity index (χ1v) is 11.8. The summed E-state index contributed by atoms with van der Waals surface area (Å²) in [5.41, 5.74) is 2.58. The second-order valence-corrected chi connectivity index (χ2v) is 8.96. The molecule has 0 amide bonds. The SMILES string of the molecule is COC(=O)C1(C(=O)OC)Cc2cc3oc4cc(OC)ccc4c3c(C#Cc3ccc(OC)cc3OC)c2C1. The molecular formula is C30H26O8. The molecule has 0 saturated heterocycles. The van der Waals surface area contributed by atoms with E-state index in [1.165, 1.54) is 14.2 Å². The molecule has 0 N–H and O–H groups in total. The van der Waals surface area contributed by atoms with E-state index in [2.05, 4.69) is 11.8 Å². The van der Waals surface area contributed by atoms with E-state index in [0.717, 1.165) is 21.9 Å². The Morgan fingerprint density at radius 2 is 1.47 bits per heavy atom. The molecule has 0 fully saturated rings. The van der Waals surface area contributed by atoms with E-state index in [1.807, 2.05) is 30.3 Å². The number of fused-ring (bicyclic) bond motifs is 4. The van der Waals surface area contributed by atoms with Crippen molar-refractivity contribution in [3.63, 3.8) is 0 Å². The van der Waals surface area contributed by atoms with Gasteiger partial charge >= 0.3 is 11.9 Å². The highest BCUT2D eigenvalue weighted by Crippen LogP contribution is 2.45. The zero-order valence-electron chi connectivity index (χ0n) is 21.7. The molecule has 194 valence electrons. The summed E-state index contributed by atoms with van der Waals surface area (Å²) in [6.07, 6.45) is 0.197. The fraction of sp³-hybridized carbons (Fsp3) is 0.267. The van der Waals surface area contributed by atoms with Crippen LogP contribution in [0.4, 0.5) is 0 Å². The molecule has 3 aromatic carbocycles. The first kappa shape index (κ1) is 25.0. The molecule has 0 spiro atoms. The molecule has 8 nitrogen and oxygen atoms in total. The number of carbonyl (C=O) groups excluding carboxylic acids is 2. The second-order valence-electron chi connectivity index (χ2n) is 8.96. The van der Waals surface area contributed by atoms with Crippen LogP contribution in [0.25, 0.3) is 21.9 Å².